The first-order chi connectivity index (χ1) is 12.0. The number of carbonyl (C=O) groups excluding carboxylic acids is 1. The summed E-state index contributed by atoms with van der Waals surface area (Å²) in [5.74, 6) is 0.172. The minimum absolute atomic E-state index is 0.0906. The van der Waals surface area contributed by atoms with Crippen molar-refractivity contribution in [3.63, 3.8) is 0 Å². The number of hydrogen-bond acceptors (Lipinski definition) is 4. The monoisotopic (exact) mass is 343 g/mol. The number of aromatic carboxylic acids is 1. The predicted octanol–water partition coefficient (Wildman–Crippen LogP) is 2.65. The fourth-order valence-electron chi connectivity index (χ4n) is 2.45. The van der Waals surface area contributed by atoms with Crippen molar-refractivity contribution < 1.29 is 24.2 Å². The number of aryl methyl sites for hydroxylation is 1. The van der Waals surface area contributed by atoms with Gasteiger partial charge in [-0.3, -0.25) is 4.79 Å². The number of para-hydroxylation sites is 1. The van der Waals surface area contributed by atoms with Gasteiger partial charge in [-0.1, -0.05) is 24.3 Å². The molecule has 1 amide bonds. The Morgan fingerprint density at radius 1 is 1.04 bits per heavy atom. The summed E-state index contributed by atoms with van der Waals surface area (Å²) in [6.07, 6.45) is 0.861. The highest BCUT2D eigenvalue weighted by Crippen LogP contribution is 2.30. The van der Waals surface area contributed by atoms with E-state index in [1.165, 1.54) is 12.1 Å². The van der Waals surface area contributed by atoms with E-state index in [2.05, 4.69) is 5.32 Å². The number of benzene rings is 2. The number of hydrogen-bond donors (Lipinski definition) is 2. The van der Waals surface area contributed by atoms with Crippen molar-refractivity contribution in [2.45, 2.75) is 19.4 Å². The minimum atomic E-state index is -0.962. The zero-order valence-electron chi connectivity index (χ0n) is 14.2. The number of ether oxygens (including phenoxy) is 2. The molecule has 6 heteroatoms. The molecule has 0 aliphatic rings. The third kappa shape index (κ3) is 4.97. The van der Waals surface area contributed by atoms with Crippen LogP contribution in [0, 0.1) is 0 Å². The smallest absolute Gasteiger partial charge is 0.335 e. The molecule has 2 aromatic carbocycles. The first-order valence-corrected chi connectivity index (χ1v) is 7.84. The first-order valence-electron chi connectivity index (χ1n) is 7.84. The highest BCUT2D eigenvalue weighted by molar-refractivity contribution is 5.87. The summed E-state index contributed by atoms with van der Waals surface area (Å²) in [6, 6.07) is 12.0. The number of carboxylic acids is 1. The molecule has 0 aliphatic carbocycles. The van der Waals surface area contributed by atoms with Crippen LogP contribution < -0.4 is 14.8 Å². The number of carbonyl (C=O) groups is 2. The molecule has 6 nitrogen and oxygen atoms in total. The molecule has 0 heterocycles. The zero-order valence-corrected chi connectivity index (χ0v) is 14.2. The summed E-state index contributed by atoms with van der Waals surface area (Å²) in [7, 11) is 3.12. The van der Waals surface area contributed by atoms with Crippen LogP contribution in [0.4, 0.5) is 0 Å². The van der Waals surface area contributed by atoms with E-state index in [-0.39, 0.29) is 11.5 Å². The fourth-order valence-corrected chi connectivity index (χ4v) is 2.45. The van der Waals surface area contributed by atoms with E-state index >= 15 is 0 Å². The van der Waals surface area contributed by atoms with Crippen molar-refractivity contribution >= 4 is 11.9 Å². The summed E-state index contributed by atoms with van der Waals surface area (Å²) in [4.78, 5) is 22.9. The number of nitrogens with one attached hydrogen (secondary N) is 1. The molecule has 0 saturated carbocycles. The SMILES string of the molecule is COc1cccc(CNC(=O)CCc2ccc(C(=O)O)cc2)c1OC. The summed E-state index contributed by atoms with van der Waals surface area (Å²) in [5.41, 5.74) is 1.98. The summed E-state index contributed by atoms with van der Waals surface area (Å²) in [5, 5.41) is 11.7. The van der Waals surface area contributed by atoms with Crippen LogP contribution in [0.3, 0.4) is 0 Å². The lowest BCUT2D eigenvalue weighted by atomic mass is 10.1. The quantitative estimate of drug-likeness (QED) is 0.770. The number of methoxy groups -OCH3 is 2. The van der Waals surface area contributed by atoms with E-state index in [1.807, 2.05) is 12.1 Å². The maximum atomic E-state index is 12.0. The molecule has 132 valence electrons. The number of amides is 1. The first kappa shape index (κ1) is 18.3. The normalized spacial score (nSPS) is 10.2. The van der Waals surface area contributed by atoms with Gasteiger partial charge < -0.3 is 19.9 Å². The summed E-state index contributed by atoms with van der Waals surface area (Å²) in [6.45, 7) is 0.344. The van der Waals surface area contributed by atoms with Crippen molar-refractivity contribution in [1.82, 2.24) is 5.32 Å². The second-order valence-corrected chi connectivity index (χ2v) is 5.43. The van der Waals surface area contributed by atoms with Crippen molar-refractivity contribution in [3.8, 4) is 11.5 Å². The van der Waals surface area contributed by atoms with Crippen LogP contribution in [0.1, 0.15) is 27.9 Å². The number of carboxylic acid groups (broad SMARTS) is 1. The Hall–Kier alpha value is -3.02. The number of rotatable bonds is 8. The molecule has 0 unspecified atom stereocenters. The standard InChI is InChI=1S/C19H21NO5/c1-24-16-5-3-4-15(18(16)25-2)12-20-17(21)11-8-13-6-9-14(10-7-13)19(22)23/h3-7,9-10H,8,11-12H2,1-2H3,(H,20,21)(H,22,23). The Balaban J connectivity index is 1.88. The third-order valence-corrected chi connectivity index (χ3v) is 3.80. The van der Waals surface area contributed by atoms with Gasteiger partial charge >= 0.3 is 5.97 Å². The summed E-state index contributed by atoms with van der Waals surface area (Å²) < 4.78 is 10.6. The minimum Gasteiger partial charge on any atom is -0.493 e. The third-order valence-electron chi connectivity index (χ3n) is 3.80. The van der Waals surface area contributed by atoms with Gasteiger partial charge in [0.05, 0.1) is 19.8 Å². The second-order valence-electron chi connectivity index (χ2n) is 5.43. The van der Waals surface area contributed by atoms with Crippen molar-refractivity contribution in [2.75, 3.05) is 14.2 Å². The molecule has 25 heavy (non-hydrogen) atoms. The Labute approximate surface area is 146 Å². The Morgan fingerprint density at radius 2 is 1.76 bits per heavy atom. The Kier molecular flexibility index (Phi) is 6.39. The molecule has 0 aromatic heterocycles. The highest BCUT2D eigenvalue weighted by Gasteiger charge is 2.10. The van der Waals surface area contributed by atoms with Crippen LogP contribution in [0.5, 0.6) is 11.5 Å². The van der Waals surface area contributed by atoms with E-state index in [4.69, 9.17) is 14.6 Å². The summed E-state index contributed by atoms with van der Waals surface area (Å²) >= 11 is 0. The molecule has 0 fully saturated rings. The average Bonchev–Trinajstić information content (AvgIpc) is 2.64. The van der Waals surface area contributed by atoms with Gasteiger partial charge in [-0.25, -0.2) is 4.79 Å². The zero-order chi connectivity index (χ0) is 18.2. The predicted molar refractivity (Wildman–Crippen MR) is 93.1 cm³/mol. The average molecular weight is 343 g/mol. The second kappa shape index (κ2) is 8.73. The van der Waals surface area contributed by atoms with Crippen LogP contribution in [-0.2, 0) is 17.8 Å². The molecular weight excluding hydrogens is 322 g/mol. The van der Waals surface area contributed by atoms with Crippen LogP contribution in [0.25, 0.3) is 0 Å². The van der Waals surface area contributed by atoms with Gasteiger partial charge in [0.2, 0.25) is 5.91 Å². The highest BCUT2D eigenvalue weighted by atomic mass is 16.5. The van der Waals surface area contributed by atoms with Gasteiger partial charge in [-0.15, -0.1) is 0 Å². The van der Waals surface area contributed by atoms with E-state index in [0.717, 1.165) is 11.1 Å². The topological polar surface area (TPSA) is 84.9 Å². The van der Waals surface area contributed by atoms with Gasteiger partial charge in [0.15, 0.2) is 11.5 Å². The fraction of sp³-hybridized carbons (Fsp3) is 0.263. The van der Waals surface area contributed by atoms with Crippen molar-refractivity contribution in [1.29, 1.82) is 0 Å². The lowest BCUT2D eigenvalue weighted by Gasteiger charge is -2.13. The molecule has 2 rings (SSSR count). The van der Waals surface area contributed by atoms with Crippen molar-refractivity contribution in [2.24, 2.45) is 0 Å². The molecular formula is C19H21NO5. The van der Waals surface area contributed by atoms with E-state index in [9.17, 15) is 9.59 Å². The van der Waals surface area contributed by atoms with Crippen LogP contribution in [-0.4, -0.2) is 31.2 Å². The molecule has 2 N–H and O–H groups in total. The molecule has 2 aromatic rings. The van der Waals surface area contributed by atoms with Gasteiger partial charge in [-0.2, -0.15) is 0 Å². The van der Waals surface area contributed by atoms with Gasteiger partial charge in [0.25, 0.3) is 0 Å². The molecule has 0 atom stereocenters. The lowest BCUT2D eigenvalue weighted by Crippen LogP contribution is -2.23. The van der Waals surface area contributed by atoms with Gasteiger partial charge in [0.1, 0.15) is 0 Å². The Bertz CT molecular complexity index is 740. The van der Waals surface area contributed by atoms with Crippen LogP contribution >= 0.6 is 0 Å². The Morgan fingerprint density at radius 3 is 2.36 bits per heavy atom. The van der Waals surface area contributed by atoms with Gasteiger partial charge in [0, 0.05) is 18.5 Å². The lowest BCUT2D eigenvalue weighted by molar-refractivity contribution is -0.121. The molecule has 0 radical (unpaired) electrons. The van der Waals surface area contributed by atoms with Crippen LogP contribution in [0.15, 0.2) is 42.5 Å². The maximum Gasteiger partial charge on any atom is 0.335 e. The van der Waals surface area contributed by atoms with E-state index in [0.29, 0.717) is 30.9 Å². The maximum absolute atomic E-state index is 12.0. The molecule has 0 aliphatic heterocycles. The molecule has 0 spiro atoms. The van der Waals surface area contributed by atoms with Crippen molar-refractivity contribution in [3.05, 3.63) is 59.2 Å². The van der Waals surface area contributed by atoms with E-state index < -0.39 is 5.97 Å². The van der Waals surface area contributed by atoms with E-state index in [1.54, 1.807) is 32.4 Å². The molecule has 0 bridgehead atoms. The van der Waals surface area contributed by atoms with Gasteiger partial charge in [-0.05, 0) is 30.2 Å². The van der Waals surface area contributed by atoms with Crippen LogP contribution in [0.2, 0.25) is 0 Å². The molecule has 0 saturated heterocycles. The largest absolute Gasteiger partial charge is 0.493 e.